The van der Waals surface area contributed by atoms with E-state index in [1.165, 1.54) is 5.56 Å². The molecule has 5 heteroatoms. The highest BCUT2D eigenvalue weighted by molar-refractivity contribution is 6.02. The van der Waals surface area contributed by atoms with Crippen LogP contribution in [0.4, 0.5) is 0 Å². The van der Waals surface area contributed by atoms with E-state index in [1.807, 2.05) is 103 Å². The van der Waals surface area contributed by atoms with E-state index in [1.54, 1.807) is 0 Å². The highest BCUT2D eigenvalue weighted by Crippen LogP contribution is 2.23. The molecule has 3 N–H and O–H groups in total. The van der Waals surface area contributed by atoms with E-state index in [0.717, 1.165) is 42.6 Å². The van der Waals surface area contributed by atoms with Gasteiger partial charge in [0.15, 0.2) is 0 Å². The Morgan fingerprint density at radius 1 is 0.658 bits per heavy atom. The van der Waals surface area contributed by atoms with Crippen molar-refractivity contribution in [1.29, 1.82) is 0 Å². The molecule has 1 atom stereocenters. The van der Waals surface area contributed by atoms with Gasteiger partial charge in [-0.2, -0.15) is 0 Å². The van der Waals surface area contributed by atoms with E-state index in [4.69, 9.17) is 0 Å². The van der Waals surface area contributed by atoms with E-state index in [-0.39, 0.29) is 11.8 Å². The van der Waals surface area contributed by atoms with Crippen LogP contribution in [0.25, 0.3) is 11.1 Å². The van der Waals surface area contributed by atoms with Crippen molar-refractivity contribution in [2.24, 2.45) is 0 Å². The van der Waals surface area contributed by atoms with Crippen LogP contribution >= 0.6 is 0 Å². The summed E-state index contributed by atoms with van der Waals surface area (Å²) in [4.78, 5) is 26.6. The number of hydrogen-bond donors (Lipinski definition) is 3. The van der Waals surface area contributed by atoms with Crippen molar-refractivity contribution in [3.05, 3.63) is 132 Å². The van der Waals surface area contributed by atoms with Crippen molar-refractivity contribution in [1.82, 2.24) is 16.0 Å². The molecule has 4 aromatic carbocycles. The molecular formula is C33H35N3O2. The molecule has 0 aromatic heterocycles. The second-order valence-corrected chi connectivity index (χ2v) is 9.27. The number of nitrogens with one attached hydrogen (secondary N) is 3. The Hall–Kier alpha value is -4.22. The van der Waals surface area contributed by atoms with Gasteiger partial charge in [0.2, 0.25) is 5.91 Å². The summed E-state index contributed by atoms with van der Waals surface area (Å²) < 4.78 is 0. The summed E-state index contributed by atoms with van der Waals surface area (Å²) in [6.45, 7) is 2.03. The molecule has 2 amide bonds. The van der Waals surface area contributed by atoms with Crippen LogP contribution in [0.2, 0.25) is 0 Å². The van der Waals surface area contributed by atoms with Gasteiger partial charge < -0.3 is 16.0 Å². The third-order valence-corrected chi connectivity index (χ3v) is 6.45. The van der Waals surface area contributed by atoms with Gasteiger partial charge in [0.05, 0.1) is 0 Å². The predicted octanol–water partition coefficient (Wildman–Crippen LogP) is 5.38. The zero-order chi connectivity index (χ0) is 26.4. The molecule has 0 heterocycles. The molecule has 0 radical (unpaired) electrons. The van der Waals surface area contributed by atoms with E-state index >= 15 is 0 Å². The summed E-state index contributed by atoms with van der Waals surface area (Å²) in [7, 11) is 0. The third kappa shape index (κ3) is 8.15. The van der Waals surface area contributed by atoms with Gasteiger partial charge in [-0.3, -0.25) is 9.59 Å². The number of benzene rings is 4. The lowest BCUT2D eigenvalue weighted by molar-refractivity contribution is -0.123. The lowest BCUT2D eigenvalue weighted by atomic mass is 9.98. The summed E-state index contributed by atoms with van der Waals surface area (Å²) in [5, 5.41) is 9.48. The van der Waals surface area contributed by atoms with E-state index in [0.29, 0.717) is 18.5 Å². The molecule has 0 aliphatic rings. The molecule has 0 saturated carbocycles. The number of carbonyl (C=O) groups is 2. The number of amides is 2. The van der Waals surface area contributed by atoms with Crippen molar-refractivity contribution in [2.75, 3.05) is 13.1 Å². The third-order valence-electron chi connectivity index (χ3n) is 6.45. The fraction of sp³-hybridized carbons (Fsp3) is 0.212. The maximum Gasteiger partial charge on any atom is 0.252 e. The van der Waals surface area contributed by atoms with Gasteiger partial charge in [-0.05, 0) is 54.1 Å². The predicted molar refractivity (Wildman–Crippen MR) is 154 cm³/mol. The number of hydrogen-bond acceptors (Lipinski definition) is 3. The zero-order valence-corrected chi connectivity index (χ0v) is 21.6. The molecule has 0 bridgehead atoms. The molecular weight excluding hydrogens is 470 g/mol. The number of rotatable bonds is 13. The van der Waals surface area contributed by atoms with Crippen LogP contribution in [0.5, 0.6) is 0 Å². The zero-order valence-electron chi connectivity index (χ0n) is 21.6. The molecule has 0 aliphatic carbocycles. The largest absolute Gasteiger partial charge is 0.354 e. The first-order valence-electron chi connectivity index (χ1n) is 13.2. The Balaban J connectivity index is 1.38. The van der Waals surface area contributed by atoms with Gasteiger partial charge in [-0.15, -0.1) is 0 Å². The molecule has 194 valence electrons. The Morgan fingerprint density at radius 2 is 1.26 bits per heavy atom. The van der Waals surface area contributed by atoms with Crippen molar-refractivity contribution in [2.45, 2.75) is 31.8 Å². The van der Waals surface area contributed by atoms with Crippen molar-refractivity contribution < 1.29 is 9.59 Å². The molecule has 5 nitrogen and oxygen atoms in total. The smallest absolute Gasteiger partial charge is 0.252 e. The Bertz CT molecular complexity index is 1280. The van der Waals surface area contributed by atoms with Crippen LogP contribution in [0.15, 0.2) is 115 Å². The lowest BCUT2D eigenvalue weighted by Gasteiger charge is -2.20. The SMILES string of the molecule is O=C(NC(CCCNCc1ccccc1)C(=O)NCCc1ccccc1)c1ccccc1-c1ccccc1. The minimum Gasteiger partial charge on any atom is -0.354 e. The first-order chi connectivity index (χ1) is 18.7. The maximum atomic E-state index is 13.4. The standard InChI is InChI=1S/C33H35N3O2/c37-32(30-20-11-10-19-29(30)28-17-8-3-9-18-28)36-31(21-12-23-34-25-27-15-6-2-7-16-27)33(38)35-24-22-26-13-4-1-5-14-26/h1-11,13-20,31,34H,12,21-25H2,(H,35,38)(H,36,37). The molecule has 4 aromatic rings. The average molecular weight is 506 g/mol. The van der Waals surface area contributed by atoms with Gasteiger partial charge in [0, 0.05) is 18.7 Å². The second kappa shape index (κ2) is 14.5. The van der Waals surface area contributed by atoms with Crippen molar-refractivity contribution in [3.8, 4) is 11.1 Å². The molecule has 1 unspecified atom stereocenters. The average Bonchev–Trinajstić information content (AvgIpc) is 2.98. The van der Waals surface area contributed by atoms with Crippen LogP contribution in [0, 0.1) is 0 Å². The van der Waals surface area contributed by atoms with E-state index < -0.39 is 6.04 Å². The maximum absolute atomic E-state index is 13.4. The van der Waals surface area contributed by atoms with Crippen LogP contribution in [0.1, 0.15) is 34.3 Å². The normalized spacial score (nSPS) is 11.5. The van der Waals surface area contributed by atoms with Crippen molar-refractivity contribution >= 4 is 11.8 Å². The molecule has 0 spiro atoms. The van der Waals surface area contributed by atoms with Crippen LogP contribution in [-0.4, -0.2) is 30.9 Å². The fourth-order valence-corrected chi connectivity index (χ4v) is 4.41. The quantitative estimate of drug-likeness (QED) is 0.214. The van der Waals surface area contributed by atoms with Gasteiger partial charge in [-0.25, -0.2) is 0 Å². The summed E-state index contributed by atoms with van der Waals surface area (Å²) in [5.74, 6) is -0.403. The number of carbonyl (C=O) groups excluding carboxylic acids is 2. The second-order valence-electron chi connectivity index (χ2n) is 9.27. The molecule has 0 aliphatic heterocycles. The summed E-state index contributed by atoms with van der Waals surface area (Å²) in [6.07, 6.45) is 2.03. The molecule has 0 saturated heterocycles. The van der Waals surface area contributed by atoms with E-state index in [9.17, 15) is 9.59 Å². The summed E-state index contributed by atoms with van der Waals surface area (Å²) in [6, 6.07) is 37.0. The topological polar surface area (TPSA) is 70.2 Å². The van der Waals surface area contributed by atoms with Gasteiger partial charge in [-0.1, -0.05) is 109 Å². The lowest BCUT2D eigenvalue weighted by Crippen LogP contribution is -2.47. The van der Waals surface area contributed by atoms with Gasteiger partial charge in [0.25, 0.3) is 5.91 Å². The van der Waals surface area contributed by atoms with E-state index in [2.05, 4.69) is 28.1 Å². The van der Waals surface area contributed by atoms with Crippen LogP contribution in [-0.2, 0) is 17.8 Å². The van der Waals surface area contributed by atoms with Gasteiger partial charge >= 0.3 is 0 Å². The highest BCUT2D eigenvalue weighted by Gasteiger charge is 2.22. The Kier molecular flexibility index (Phi) is 10.2. The monoisotopic (exact) mass is 505 g/mol. The summed E-state index contributed by atoms with van der Waals surface area (Å²) in [5.41, 5.74) is 4.75. The van der Waals surface area contributed by atoms with Crippen molar-refractivity contribution in [3.63, 3.8) is 0 Å². The Morgan fingerprint density at radius 3 is 1.97 bits per heavy atom. The molecule has 38 heavy (non-hydrogen) atoms. The van der Waals surface area contributed by atoms with Crippen LogP contribution in [0.3, 0.4) is 0 Å². The minimum atomic E-state index is -0.624. The fourth-order valence-electron chi connectivity index (χ4n) is 4.41. The first-order valence-corrected chi connectivity index (χ1v) is 13.2. The van der Waals surface area contributed by atoms with Gasteiger partial charge in [0.1, 0.15) is 6.04 Å². The summed E-state index contributed by atoms with van der Waals surface area (Å²) >= 11 is 0. The highest BCUT2D eigenvalue weighted by atomic mass is 16.2. The van der Waals surface area contributed by atoms with Crippen LogP contribution < -0.4 is 16.0 Å². The first kappa shape index (κ1) is 26.8. The Labute approximate surface area is 225 Å². The molecule has 4 rings (SSSR count). The molecule has 0 fully saturated rings. The minimum absolute atomic E-state index is 0.158.